The third kappa shape index (κ3) is 7.85. The minimum Gasteiger partial charge on any atom is -0.350 e. The fourth-order valence-corrected chi connectivity index (χ4v) is 5.98. The Morgan fingerprint density at radius 3 is 2.24 bits per heavy atom. The molecule has 0 spiro atoms. The lowest BCUT2D eigenvalue weighted by atomic mass is 10.0. The van der Waals surface area contributed by atoms with E-state index in [2.05, 4.69) is 20.9 Å². The first kappa shape index (κ1) is 36.1. The van der Waals surface area contributed by atoms with E-state index in [1.807, 2.05) is 79.1 Å². The average Bonchev–Trinajstić information content (AvgIpc) is 3.49. The van der Waals surface area contributed by atoms with Crippen LogP contribution in [0.1, 0.15) is 75.8 Å². The summed E-state index contributed by atoms with van der Waals surface area (Å²) in [5.41, 5.74) is 2.87. The molecule has 3 aromatic carbocycles. The molecule has 0 radical (unpaired) electrons. The second kappa shape index (κ2) is 15.6. The second-order valence-electron chi connectivity index (χ2n) is 12.9. The number of rotatable bonds is 14. The third-order valence-electron chi connectivity index (χ3n) is 9.14. The molecule has 12 nitrogen and oxygen atoms in total. The smallest absolute Gasteiger partial charge is 0.254 e. The molecular weight excluding hydrogens is 648 g/mol. The number of hydrogen-bond donors (Lipinski definition) is 3. The molecule has 3 N–H and O–H groups in total. The summed E-state index contributed by atoms with van der Waals surface area (Å²) in [5, 5.41) is 9.98. The standard InChI is InChI=1S/C39H40N6O6/c1-25(11-18-34(48)43-24-47)44(4)37(50)30-17-16-28(20-29(30)23-46)36(49)41-21-26-12-14-27(15-13-26)22-42-38(51)39(2,3)45-33-10-6-5-8-31(33)32-9-7-19-40-35(32)45/h5-10,12-17,19-20,23-25H,11,18,21-22H2,1-4H3,(H,41,49)(H,42,51)(H,43,47,48). The van der Waals surface area contributed by atoms with Crippen LogP contribution in [0.25, 0.3) is 21.9 Å². The molecule has 262 valence electrons. The van der Waals surface area contributed by atoms with Crippen LogP contribution in [0, 0.1) is 0 Å². The van der Waals surface area contributed by atoms with Crippen LogP contribution < -0.4 is 16.0 Å². The number of para-hydroxylation sites is 1. The van der Waals surface area contributed by atoms with E-state index in [0.29, 0.717) is 25.7 Å². The second-order valence-corrected chi connectivity index (χ2v) is 12.9. The Balaban J connectivity index is 1.17. The van der Waals surface area contributed by atoms with E-state index < -0.39 is 23.3 Å². The highest BCUT2D eigenvalue weighted by atomic mass is 16.2. The van der Waals surface area contributed by atoms with Gasteiger partial charge in [0.25, 0.3) is 11.8 Å². The highest BCUT2D eigenvalue weighted by molar-refractivity contribution is 6.08. The minimum absolute atomic E-state index is 0.0530. The Kier molecular flexibility index (Phi) is 11.0. The summed E-state index contributed by atoms with van der Waals surface area (Å²) in [5.74, 6) is -1.46. The highest BCUT2D eigenvalue weighted by Gasteiger charge is 2.33. The van der Waals surface area contributed by atoms with Crippen LogP contribution in [-0.4, -0.2) is 63.9 Å². The van der Waals surface area contributed by atoms with Gasteiger partial charge in [-0.1, -0.05) is 42.5 Å². The summed E-state index contributed by atoms with van der Waals surface area (Å²) in [6, 6.07) is 23.3. The van der Waals surface area contributed by atoms with E-state index in [0.717, 1.165) is 33.1 Å². The number of hydrogen-bond acceptors (Lipinski definition) is 7. The SMILES string of the molecule is CC(CCC(=O)NC=O)N(C)C(=O)c1ccc(C(=O)NCc2ccc(CNC(=O)C(C)(C)n3c4ccccc4c4cccnc43)cc2)cc1C=O. The summed E-state index contributed by atoms with van der Waals surface area (Å²) in [7, 11) is 1.56. The summed E-state index contributed by atoms with van der Waals surface area (Å²) in [4.78, 5) is 79.6. The number of aldehydes is 1. The first-order valence-corrected chi connectivity index (χ1v) is 16.5. The molecule has 2 aromatic heterocycles. The van der Waals surface area contributed by atoms with Gasteiger partial charge in [-0.05, 0) is 74.7 Å². The fraction of sp³-hybridized carbons (Fsp3) is 0.256. The molecule has 0 aliphatic carbocycles. The summed E-state index contributed by atoms with van der Waals surface area (Å²) < 4.78 is 1.98. The maximum Gasteiger partial charge on any atom is 0.254 e. The molecule has 0 bridgehead atoms. The number of nitrogens with zero attached hydrogens (tertiary/aromatic N) is 3. The summed E-state index contributed by atoms with van der Waals surface area (Å²) in [6.07, 6.45) is 2.93. The zero-order valence-electron chi connectivity index (χ0n) is 28.9. The maximum absolute atomic E-state index is 13.6. The number of amides is 5. The van der Waals surface area contributed by atoms with Crippen molar-refractivity contribution >= 4 is 58.3 Å². The number of imide groups is 1. The summed E-state index contributed by atoms with van der Waals surface area (Å²) in [6.45, 7) is 6.03. The molecule has 2 heterocycles. The maximum atomic E-state index is 13.6. The molecule has 5 amide bonds. The zero-order valence-corrected chi connectivity index (χ0v) is 28.9. The van der Waals surface area contributed by atoms with Gasteiger partial charge in [-0.15, -0.1) is 0 Å². The number of fused-ring (bicyclic) bond motifs is 3. The van der Waals surface area contributed by atoms with E-state index in [1.54, 1.807) is 20.2 Å². The lowest BCUT2D eigenvalue weighted by Crippen LogP contribution is -2.44. The molecule has 5 aromatic rings. The molecule has 0 fully saturated rings. The first-order chi connectivity index (χ1) is 24.5. The molecule has 0 saturated carbocycles. The molecule has 0 aliphatic heterocycles. The van der Waals surface area contributed by atoms with Gasteiger partial charge < -0.3 is 20.1 Å². The van der Waals surface area contributed by atoms with Gasteiger partial charge in [0.15, 0.2) is 6.29 Å². The van der Waals surface area contributed by atoms with Crippen molar-refractivity contribution in [1.29, 1.82) is 0 Å². The normalized spacial score (nSPS) is 11.8. The van der Waals surface area contributed by atoms with Crippen LogP contribution >= 0.6 is 0 Å². The lowest BCUT2D eigenvalue weighted by Gasteiger charge is -2.27. The van der Waals surface area contributed by atoms with Gasteiger partial charge >= 0.3 is 0 Å². The van der Waals surface area contributed by atoms with E-state index in [4.69, 9.17) is 0 Å². The molecule has 5 rings (SSSR count). The van der Waals surface area contributed by atoms with Gasteiger partial charge in [0, 0.05) is 60.7 Å². The van der Waals surface area contributed by atoms with Crippen LogP contribution in [0.3, 0.4) is 0 Å². The van der Waals surface area contributed by atoms with Crippen molar-refractivity contribution in [2.45, 2.75) is 58.3 Å². The molecule has 12 heteroatoms. The molecule has 1 unspecified atom stereocenters. The van der Waals surface area contributed by atoms with E-state index in [-0.39, 0.29) is 41.6 Å². The highest BCUT2D eigenvalue weighted by Crippen LogP contribution is 2.33. The Bertz CT molecular complexity index is 2070. The Morgan fingerprint density at radius 2 is 1.55 bits per heavy atom. The zero-order chi connectivity index (χ0) is 36.7. The molecular formula is C39H40N6O6. The number of carbonyl (C=O) groups is 6. The van der Waals surface area contributed by atoms with Gasteiger partial charge in [-0.2, -0.15) is 0 Å². The molecule has 0 aliphatic rings. The number of aromatic nitrogens is 2. The number of nitrogens with one attached hydrogen (secondary N) is 3. The van der Waals surface area contributed by atoms with Crippen molar-refractivity contribution < 1.29 is 28.8 Å². The molecule has 51 heavy (non-hydrogen) atoms. The quantitative estimate of drug-likeness (QED) is 0.145. The van der Waals surface area contributed by atoms with Crippen LogP contribution in [0.4, 0.5) is 0 Å². The van der Waals surface area contributed by atoms with Gasteiger partial charge in [0.2, 0.25) is 18.2 Å². The van der Waals surface area contributed by atoms with Crippen LogP contribution in [-0.2, 0) is 33.0 Å². The monoisotopic (exact) mass is 688 g/mol. The first-order valence-electron chi connectivity index (χ1n) is 16.5. The predicted molar refractivity (Wildman–Crippen MR) is 193 cm³/mol. The molecule has 0 saturated heterocycles. The number of pyridine rings is 1. The van der Waals surface area contributed by atoms with Crippen molar-refractivity contribution in [3.63, 3.8) is 0 Å². The van der Waals surface area contributed by atoms with Crippen LogP contribution in [0.5, 0.6) is 0 Å². The van der Waals surface area contributed by atoms with E-state index in [1.165, 1.54) is 23.1 Å². The number of benzene rings is 3. The largest absolute Gasteiger partial charge is 0.350 e. The average molecular weight is 689 g/mol. The Morgan fingerprint density at radius 1 is 0.882 bits per heavy atom. The predicted octanol–water partition coefficient (Wildman–Crippen LogP) is 4.50. The minimum atomic E-state index is -0.929. The molecule has 1 atom stereocenters. The van der Waals surface area contributed by atoms with E-state index >= 15 is 0 Å². The Hall–Kier alpha value is -6.17. The van der Waals surface area contributed by atoms with Gasteiger partial charge in [0.05, 0.1) is 11.1 Å². The van der Waals surface area contributed by atoms with Crippen LogP contribution in [0.15, 0.2) is 85.1 Å². The van der Waals surface area contributed by atoms with Crippen molar-refractivity contribution in [2.75, 3.05) is 7.05 Å². The van der Waals surface area contributed by atoms with Crippen LogP contribution in [0.2, 0.25) is 0 Å². The number of carbonyl (C=O) groups excluding carboxylic acids is 6. The van der Waals surface area contributed by atoms with Crippen molar-refractivity contribution in [3.05, 3.63) is 113 Å². The van der Waals surface area contributed by atoms with E-state index in [9.17, 15) is 28.8 Å². The summed E-state index contributed by atoms with van der Waals surface area (Å²) >= 11 is 0. The van der Waals surface area contributed by atoms with Crippen molar-refractivity contribution in [3.8, 4) is 0 Å². The third-order valence-corrected chi connectivity index (χ3v) is 9.14. The fourth-order valence-electron chi connectivity index (χ4n) is 5.98. The Labute approximate surface area is 295 Å². The van der Waals surface area contributed by atoms with Gasteiger partial charge in [-0.25, -0.2) is 4.98 Å². The lowest BCUT2D eigenvalue weighted by molar-refractivity contribution is -0.128. The van der Waals surface area contributed by atoms with Crippen molar-refractivity contribution in [1.82, 2.24) is 30.4 Å². The topological polar surface area (TPSA) is 160 Å². The van der Waals surface area contributed by atoms with Gasteiger partial charge in [-0.3, -0.25) is 34.1 Å². The van der Waals surface area contributed by atoms with Gasteiger partial charge in [0.1, 0.15) is 11.2 Å². The van der Waals surface area contributed by atoms with Crippen molar-refractivity contribution in [2.24, 2.45) is 0 Å².